The molecule has 3 atom stereocenters. The summed E-state index contributed by atoms with van der Waals surface area (Å²) in [6, 6.07) is 12.7. The number of nitrogens with zero attached hydrogens (tertiary/aromatic N) is 4. The highest BCUT2D eigenvalue weighted by molar-refractivity contribution is 5.85. The summed E-state index contributed by atoms with van der Waals surface area (Å²) >= 11 is 0. The Labute approximate surface area is 199 Å². The summed E-state index contributed by atoms with van der Waals surface area (Å²) in [6.07, 6.45) is 4.53. The molecule has 9 heteroatoms. The van der Waals surface area contributed by atoms with E-state index in [-0.39, 0.29) is 48.1 Å². The van der Waals surface area contributed by atoms with Gasteiger partial charge >= 0.3 is 0 Å². The van der Waals surface area contributed by atoms with Gasteiger partial charge in [0.05, 0.1) is 5.56 Å². The van der Waals surface area contributed by atoms with Gasteiger partial charge < -0.3 is 19.8 Å². The van der Waals surface area contributed by atoms with Crippen LogP contribution in [0.5, 0.6) is 0 Å². The molecule has 2 aromatic heterocycles. The minimum Gasteiger partial charge on any atom is -0.340 e. The largest absolute Gasteiger partial charge is 0.340 e. The normalized spacial score (nSPS) is 19.9. The molecule has 170 valence electrons. The molecule has 3 aromatic rings. The van der Waals surface area contributed by atoms with Gasteiger partial charge in [-0.15, -0.1) is 24.8 Å². The van der Waals surface area contributed by atoms with Gasteiger partial charge in [-0.05, 0) is 30.0 Å². The average molecular weight is 476 g/mol. The van der Waals surface area contributed by atoms with E-state index in [4.69, 9.17) is 5.73 Å². The van der Waals surface area contributed by atoms with Crippen molar-refractivity contribution >= 4 is 30.7 Å². The third kappa shape index (κ3) is 4.08. The maximum atomic E-state index is 13.2. The van der Waals surface area contributed by atoms with Gasteiger partial charge in [0.15, 0.2) is 0 Å². The Morgan fingerprint density at radius 3 is 2.53 bits per heavy atom. The number of aromatic nitrogens is 3. The summed E-state index contributed by atoms with van der Waals surface area (Å²) in [5, 5.41) is 0. The zero-order chi connectivity index (χ0) is 20.8. The fourth-order valence-corrected chi connectivity index (χ4v) is 4.92. The van der Waals surface area contributed by atoms with Crippen LogP contribution in [0, 0.1) is 5.92 Å². The maximum absolute atomic E-state index is 13.2. The van der Waals surface area contributed by atoms with Crippen molar-refractivity contribution in [3.8, 4) is 11.4 Å². The van der Waals surface area contributed by atoms with Gasteiger partial charge in [0, 0.05) is 50.7 Å². The number of benzene rings is 1. The number of piperidine rings is 1. The Balaban J connectivity index is 0.00000144. The van der Waals surface area contributed by atoms with Gasteiger partial charge in [0.25, 0.3) is 5.56 Å². The number of hydrogen-bond donors (Lipinski definition) is 1. The van der Waals surface area contributed by atoms with Gasteiger partial charge in [0.1, 0.15) is 11.9 Å². The number of carbonyl (C=O) groups is 1. The lowest BCUT2D eigenvalue weighted by Crippen LogP contribution is -2.51. The standard InChI is InChI=1S/C23H25N5O2.2ClH/c1-26-10-9-25-21(26)18-7-8-19-17-11-15(13-28(19)22(18)29)12-27(14-17)23(30)20(24)16-5-3-2-4-6-16;;/h2-10,15,17,20H,11-14,24H2,1H3;2*1H/t15-,17+,20-;;/m0../s1. The first kappa shape index (κ1) is 24.0. The summed E-state index contributed by atoms with van der Waals surface area (Å²) < 4.78 is 3.75. The second-order valence-corrected chi connectivity index (χ2v) is 8.38. The minimum absolute atomic E-state index is 0. The molecule has 1 saturated heterocycles. The van der Waals surface area contributed by atoms with Crippen molar-refractivity contribution in [3.63, 3.8) is 0 Å². The summed E-state index contributed by atoms with van der Waals surface area (Å²) in [5.74, 6) is 1.03. The molecule has 2 bridgehead atoms. The predicted octanol–water partition coefficient (Wildman–Crippen LogP) is 2.74. The number of imidazole rings is 1. The smallest absolute Gasteiger partial charge is 0.261 e. The quantitative estimate of drug-likeness (QED) is 0.630. The number of halogens is 2. The number of fused-ring (bicyclic) bond motifs is 4. The minimum atomic E-state index is -0.655. The fourth-order valence-electron chi connectivity index (χ4n) is 4.92. The summed E-state index contributed by atoms with van der Waals surface area (Å²) in [5.41, 5.74) is 8.71. The van der Waals surface area contributed by atoms with Crippen LogP contribution in [-0.4, -0.2) is 38.0 Å². The number of amides is 1. The fraction of sp³-hybridized carbons (Fsp3) is 0.348. The number of hydrogen-bond acceptors (Lipinski definition) is 4. The van der Waals surface area contributed by atoms with Crippen LogP contribution in [0.3, 0.4) is 0 Å². The second kappa shape index (κ2) is 9.48. The van der Waals surface area contributed by atoms with E-state index in [2.05, 4.69) is 4.98 Å². The second-order valence-electron chi connectivity index (χ2n) is 8.38. The van der Waals surface area contributed by atoms with Crippen molar-refractivity contribution in [1.29, 1.82) is 0 Å². The van der Waals surface area contributed by atoms with Gasteiger partial charge in [0.2, 0.25) is 5.91 Å². The first-order chi connectivity index (χ1) is 14.5. The number of nitrogens with two attached hydrogens (primary N) is 1. The van der Waals surface area contributed by atoms with Crippen LogP contribution < -0.4 is 11.3 Å². The molecule has 5 rings (SSSR count). The molecule has 0 radical (unpaired) electrons. The lowest BCUT2D eigenvalue weighted by molar-refractivity contribution is -0.135. The molecule has 4 heterocycles. The Morgan fingerprint density at radius 1 is 1.09 bits per heavy atom. The summed E-state index contributed by atoms with van der Waals surface area (Å²) in [4.78, 5) is 32.5. The number of pyridine rings is 1. The Hall–Kier alpha value is -2.61. The van der Waals surface area contributed by atoms with Gasteiger partial charge in [-0.1, -0.05) is 30.3 Å². The molecule has 2 aliphatic heterocycles. The predicted molar refractivity (Wildman–Crippen MR) is 128 cm³/mol. The first-order valence-corrected chi connectivity index (χ1v) is 10.3. The molecule has 2 N–H and O–H groups in total. The van der Waals surface area contributed by atoms with Crippen molar-refractivity contribution < 1.29 is 4.79 Å². The highest BCUT2D eigenvalue weighted by Gasteiger charge is 2.38. The van der Waals surface area contributed by atoms with E-state index in [0.29, 0.717) is 31.0 Å². The molecule has 2 aliphatic rings. The Kier molecular flexibility index (Phi) is 7.12. The molecule has 0 unspecified atom stereocenters. The average Bonchev–Trinajstić information content (AvgIpc) is 3.19. The van der Waals surface area contributed by atoms with E-state index < -0.39 is 6.04 Å². The summed E-state index contributed by atoms with van der Waals surface area (Å²) in [6.45, 7) is 1.85. The first-order valence-electron chi connectivity index (χ1n) is 10.3. The molecular weight excluding hydrogens is 449 g/mol. The Morgan fingerprint density at radius 2 is 1.84 bits per heavy atom. The lowest BCUT2D eigenvalue weighted by atomic mass is 9.82. The van der Waals surface area contributed by atoms with Crippen LogP contribution in [0.1, 0.15) is 29.6 Å². The van der Waals surface area contributed by atoms with Crippen LogP contribution in [0.15, 0.2) is 59.7 Å². The zero-order valence-electron chi connectivity index (χ0n) is 17.8. The van der Waals surface area contributed by atoms with Crippen molar-refractivity contribution in [2.75, 3.05) is 13.1 Å². The summed E-state index contributed by atoms with van der Waals surface area (Å²) in [7, 11) is 1.89. The molecule has 0 spiro atoms. The van der Waals surface area contributed by atoms with E-state index in [1.54, 1.807) is 6.20 Å². The number of likely N-dealkylation sites (tertiary alicyclic amines) is 1. The van der Waals surface area contributed by atoms with Gasteiger partial charge in [-0.25, -0.2) is 4.98 Å². The van der Waals surface area contributed by atoms with E-state index >= 15 is 0 Å². The van der Waals surface area contributed by atoms with Gasteiger partial charge in [-0.2, -0.15) is 0 Å². The number of rotatable bonds is 3. The highest BCUT2D eigenvalue weighted by Crippen LogP contribution is 2.36. The van der Waals surface area contributed by atoms with Crippen LogP contribution >= 0.6 is 24.8 Å². The van der Waals surface area contributed by atoms with E-state index in [0.717, 1.165) is 17.7 Å². The van der Waals surface area contributed by atoms with E-state index in [1.165, 1.54) is 0 Å². The molecule has 1 fully saturated rings. The van der Waals surface area contributed by atoms with Crippen molar-refractivity contribution in [2.45, 2.75) is 24.9 Å². The highest BCUT2D eigenvalue weighted by atomic mass is 35.5. The van der Waals surface area contributed by atoms with Crippen LogP contribution in [0.25, 0.3) is 11.4 Å². The molecule has 1 amide bonds. The number of aryl methyl sites for hydroxylation is 1. The molecule has 7 nitrogen and oxygen atoms in total. The lowest BCUT2D eigenvalue weighted by Gasteiger charge is -2.43. The number of carbonyl (C=O) groups excluding carboxylic acids is 1. The third-order valence-corrected chi connectivity index (χ3v) is 6.40. The topological polar surface area (TPSA) is 86.2 Å². The van der Waals surface area contributed by atoms with Crippen molar-refractivity contribution in [2.24, 2.45) is 18.7 Å². The van der Waals surface area contributed by atoms with Crippen molar-refractivity contribution in [1.82, 2.24) is 19.0 Å². The maximum Gasteiger partial charge on any atom is 0.261 e. The Bertz CT molecular complexity index is 1160. The molecule has 1 aromatic carbocycles. The van der Waals surface area contributed by atoms with E-state index in [1.807, 2.05) is 69.7 Å². The van der Waals surface area contributed by atoms with E-state index in [9.17, 15) is 9.59 Å². The molecular formula is C23H27Cl2N5O2. The van der Waals surface area contributed by atoms with Crippen LogP contribution in [-0.2, 0) is 18.4 Å². The van der Waals surface area contributed by atoms with Crippen molar-refractivity contribution in [3.05, 3.63) is 76.5 Å². The van der Waals surface area contributed by atoms with Crippen LogP contribution in [0.4, 0.5) is 0 Å². The third-order valence-electron chi connectivity index (χ3n) is 6.40. The molecule has 0 saturated carbocycles. The molecule has 32 heavy (non-hydrogen) atoms. The SMILES string of the molecule is Cl.Cl.Cn1ccnc1-c1ccc2n(c1=O)C[C@H]1C[C@@H]2CN(C(=O)[C@@H](N)c2ccccc2)C1. The van der Waals surface area contributed by atoms with Gasteiger partial charge in [-0.3, -0.25) is 9.59 Å². The molecule has 0 aliphatic carbocycles. The zero-order valence-corrected chi connectivity index (χ0v) is 19.4. The monoisotopic (exact) mass is 475 g/mol. The van der Waals surface area contributed by atoms with Crippen LogP contribution in [0.2, 0.25) is 0 Å².